The zero-order valence-corrected chi connectivity index (χ0v) is 22.9. The molecule has 2 aromatic rings. The number of esters is 1. The van der Waals surface area contributed by atoms with Crippen LogP contribution in [0.4, 0.5) is 0 Å². The van der Waals surface area contributed by atoms with Gasteiger partial charge >= 0.3 is 5.97 Å². The number of nitrogens with zero attached hydrogens (tertiary/aromatic N) is 2. The van der Waals surface area contributed by atoms with Gasteiger partial charge in [-0.3, -0.25) is 29.0 Å². The van der Waals surface area contributed by atoms with Crippen LogP contribution in [0, 0.1) is 0 Å². The number of Topliss-reactive ketones (excluding diaryl/α,β-unsaturated/α-hetero) is 1. The Kier molecular flexibility index (Phi) is 9.10. The molecule has 0 bridgehead atoms. The molecule has 0 aliphatic carbocycles. The molecule has 4 rings (SSSR count). The summed E-state index contributed by atoms with van der Waals surface area (Å²) in [7, 11) is 0. The molecule has 1 aromatic carbocycles. The first-order chi connectivity index (χ1) is 19.1. The Morgan fingerprint density at radius 1 is 1.10 bits per heavy atom. The van der Waals surface area contributed by atoms with Gasteiger partial charge in [-0.15, -0.1) is 0 Å². The molecule has 12 nitrogen and oxygen atoms in total. The Hall–Kier alpha value is -3.90. The van der Waals surface area contributed by atoms with Gasteiger partial charge in [0, 0.05) is 13.0 Å². The van der Waals surface area contributed by atoms with Crippen molar-refractivity contribution in [2.45, 2.75) is 50.7 Å². The molecule has 3 heterocycles. The van der Waals surface area contributed by atoms with E-state index in [0.717, 1.165) is 5.01 Å². The van der Waals surface area contributed by atoms with Crippen molar-refractivity contribution in [2.24, 2.45) is 0 Å². The maximum Gasteiger partial charge on any atom is 0.341 e. The van der Waals surface area contributed by atoms with Crippen LogP contribution in [-0.4, -0.2) is 76.7 Å². The van der Waals surface area contributed by atoms with Crippen molar-refractivity contribution < 1.29 is 37.9 Å². The highest BCUT2D eigenvalue weighted by Crippen LogP contribution is 2.26. The number of ether oxygens (including phenoxy) is 1. The first kappa shape index (κ1) is 29.1. The van der Waals surface area contributed by atoms with Crippen LogP contribution in [0.15, 0.2) is 41.0 Å². The van der Waals surface area contributed by atoms with Crippen LogP contribution in [0.2, 0.25) is 10.0 Å². The number of hydrogen-bond donors (Lipinski definition) is 2. The van der Waals surface area contributed by atoms with Crippen molar-refractivity contribution >= 4 is 58.6 Å². The van der Waals surface area contributed by atoms with Crippen LogP contribution < -0.4 is 10.6 Å². The minimum absolute atomic E-state index is 0.00184. The highest BCUT2D eigenvalue weighted by atomic mass is 35.5. The van der Waals surface area contributed by atoms with Crippen molar-refractivity contribution in [2.75, 3.05) is 13.2 Å². The first-order valence-electron chi connectivity index (χ1n) is 12.5. The molecule has 40 heavy (non-hydrogen) atoms. The minimum atomic E-state index is -1.11. The molecule has 3 atom stereocenters. The maximum absolute atomic E-state index is 13.5. The summed E-state index contributed by atoms with van der Waals surface area (Å²) in [5.41, 5.74) is -0.0874. The number of carbonyl (C=O) groups excluding carboxylic acids is 6. The molecule has 2 saturated heterocycles. The lowest BCUT2D eigenvalue weighted by Crippen LogP contribution is -2.64. The second kappa shape index (κ2) is 12.5. The van der Waals surface area contributed by atoms with Crippen molar-refractivity contribution in [1.29, 1.82) is 0 Å². The lowest BCUT2D eigenvalue weighted by Gasteiger charge is -2.43. The number of hydrazine groups is 1. The summed E-state index contributed by atoms with van der Waals surface area (Å²) in [4.78, 5) is 77.1. The van der Waals surface area contributed by atoms with Crippen LogP contribution in [0.1, 0.15) is 53.5 Å². The van der Waals surface area contributed by atoms with Gasteiger partial charge in [-0.25, -0.2) is 9.80 Å². The molecule has 0 spiro atoms. The molecule has 14 heteroatoms. The third-order valence-electron chi connectivity index (χ3n) is 6.57. The van der Waals surface area contributed by atoms with Gasteiger partial charge in [0.2, 0.25) is 11.8 Å². The second-order valence-electron chi connectivity index (χ2n) is 9.27. The summed E-state index contributed by atoms with van der Waals surface area (Å²) in [6.45, 7) is 0.960. The molecular weight excluding hydrogens is 567 g/mol. The van der Waals surface area contributed by atoms with Crippen molar-refractivity contribution in [3.05, 3.63) is 58.0 Å². The highest BCUT2D eigenvalue weighted by molar-refractivity contribution is 6.39. The number of fused-ring (bicyclic) bond motifs is 1. The lowest BCUT2D eigenvalue weighted by atomic mass is 10.0. The zero-order chi connectivity index (χ0) is 29.0. The molecule has 2 N–H and O–H groups in total. The normalized spacial score (nSPS) is 19.8. The number of halogens is 2. The monoisotopic (exact) mass is 592 g/mol. The van der Waals surface area contributed by atoms with Crippen LogP contribution in [0.5, 0.6) is 0 Å². The van der Waals surface area contributed by atoms with Crippen LogP contribution >= 0.6 is 23.2 Å². The van der Waals surface area contributed by atoms with Gasteiger partial charge < -0.3 is 19.8 Å². The second-order valence-corrected chi connectivity index (χ2v) is 10.1. The third kappa shape index (κ3) is 6.28. The Balaban J connectivity index is 1.41. The maximum atomic E-state index is 13.5. The number of carbonyl (C=O) groups is 6. The summed E-state index contributed by atoms with van der Waals surface area (Å²) >= 11 is 12.0. The van der Waals surface area contributed by atoms with Crippen LogP contribution in [0.3, 0.4) is 0 Å². The summed E-state index contributed by atoms with van der Waals surface area (Å²) in [5.74, 6) is -3.83. The Morgan fingerprint density at radius 2 is 1.82 bits per heavy atom. The van der Waals surface area contributed by atoms with Crippen LogP contribution in [0.25, 0.3) is 0 Å². The van der Waals surface area contributed by atoms with Crippen LogP contribution in [-0.2, 0) is 23.9 Å². The third-order valence-corrected chi connectivity index (χ3v) is 7.20. The van der Waals surface area contributed by atoms with Crippen molar-refractivity contribution in [1.82, 2.24) is 20.7 Å². The lowest BCUT2D eigenvalue weighted by molar-refractivity contribution is -0.176. The number of rotatable bonds is 8. The van der Waals surface area contributed by atoms with E-state index in [1.165, 1.54) is 42.5 Å². The van der Waals surface area contributed by atoms with Gasteiger partial charge in [-0.1, -0.05) is 29.3 Å². The predicted octanol–water partition coefficient (Wildman–Crippen LogP) is 2.14. The standard InChI is InChI=1S/C26H26Cl2N4O8/c1-14(19(33)13-40-26(38)22-15(27)5-2-6-16(22)28)29-23(35)18-7-3-11-31-21(34)10-9-17(25(37)32(18)31)30-24(36)20-8-4-12-39-20/h2,4-6,8,12,14,17-18H,3,7,9-11,13H2,1H3,(H,29,35)(H,30,36)/t14-,17-,18-/m0/s1. The molecule has 212 valence electrons. The minimum Gasteiger partial charge on any atom is -0.459 e. The molecule has 0 radical (unpaired) electrons. The fraction of sp³-hybridized carbons (Fsp3) is 0.385. The summed E-state index contributed by atoms with van der Waals surface area (Å²) in [6, 6.07) is 4.13. The Labute approximate surface area is 238 Å². The topological polar surface area (TPSA) is 155 Å². The smallest absolute Gasteiger partial charge is 0.341 e. The van der Waals surface area contributed by atoms with Gasteiger partial charge in [-0.2, -0.15) is 0 Å². The molecular formula is C26H26Cl2N4O8. The number of nitrogens with one attached hydrogen (secondary N) is 2. The number of benzene rings is 1. The Bertz CT molecular complexity index is 1310. The number of furan rings is 1. The van der Waals surface area contributed by atoms with E-state index in [4.69, 9.17) is 32.4 Å². The molecule has 1 aromatic heterocycles. The van der Waals surface area contributed by atoms with E-state index in [1.54, 1.807) is 6.07 Å². The van der Waals surface area contributed by atoms with E-state index >= 15 is 0 Å². The van der Waals surface area contributed by atoms with E-state index in [9.17, 15) is 28.8 Å². The summed E-state index contributed by atoms with van der Waals surface area (Å²) in [6.07, 6.45) is 2.00. The summed E-state index contributed by atoms with van der Waals surface area (Å²) < 4.78 is 10.1. The largest absolute Gasteiger partial charge is 0.459 e. The summed E-state index contributed by atoms with van der Waals surface area (Å²) in [5, 5.41) is 7.52. The van der Waals surface area contributed by atoms with E-state index in [0.29, 0.717) is 6.42 Å². The Morgan fingerprint density at radius 3 is 2.50 bits per heavy atom. The molecule has 2 fully saturated rings. The SMILES string of the molecule is C[C@H](NC(=O)[C@@H]1CCCN2C(=O)CC[C@H](NC(=O)c3ccco3)C(=O)N12)C(=O)COC(=O)c1c(Cl)cccc1Cl. The number of ketones is 1. The van der Waals surface area contributed by atoms with Gasteiger partial charge in [0.25, 0.3) is 11.8 Å². The molecule has 4 amide bonds. The quantitative estimate of drug-likeness (QED) is 0.442. The molecule has 0 unspecified atom stereocenters. The predicted molar refractivity (Wildman–Crippen MR) is 140 cm³/mol. The average Bonchev–Trinajstić information content (AvgIpc) is 3.44. The highest BCUT2D eigenvalue weighted by Gasteiger charge is 2.45. The van der Waals surface area contributed by atoms with Gasteiger partial charge in [0.05, 0.1) is 27.9 Å². The zero-order valence-electron chi connectivity index (χ0n) is 21.4. The van der Waals surface area contributed by atoms with Gasteiger partial charge in [0.1, 0.15) is 12.1 Å². The average molecular weight is 593 g/mol. The van der Waals surface area contributed by atoms with Gasteiger partial charge in [0.15, 0.2) is 18.2 Å². The van der Waals surface area contributed by atoms with E-state index in [2.05, 4.69) is 10.6 Å². The molecule has 0 saturated carbocycles. The van der Waals surface area contributed by atoms with E-state index in [1.807, 2.05) is 0 Å². The van der Waals surface area contributed by atoms with E-state index < -0.39 is 54.2 Å². The fourth-order valence-electron chi connectivity index (χ4n) is 4.46. The number of hydrogen-bond acceptors (Lipinski definition) is 8. The fourth-order valence-corrected chi connectivity index (χ4v) is 5.01. The number of amides is 4. The van der Waals surface area contributed by atoms with Crippen molar-refractivity contribution in [3.63, 3.8) is 0 Å². The first-order valence-corrected chi connectivity index (χ1v) is 13.3. The van der Waals surface area contributed by atoms with Crippen molar-refractivity contribution in [3.8, 4) is 0 Å². The van der Waals surface area contributed by atoms with Gasteiger partial charge in [-0.05, 0) is 50.5 Å². The van der Waals surface area contributed by atoms with E-state index in [-0.39, 0.29) is 53.1 Å². The molecule has 2 aliphatic heterocycles. The molecule has 2 aliphatic rings.